The lowest BCUT2D eigenvalue weighted by atomic mass is 9.79. The molecule has 19 heavy (non-hydrogen) atoms. The molecule has 0 aromatic heterocycles. The second kappa shape index (κ2) is 4.83. The lowest BCUT2D eigenvalue weighted by molar-refractivity contribution is -0.386. The molecule has 1 aromatic carbocycles. The Balaban J connectivity index is 3.67. The van der Waals surface area contributed by atoms with E-state index in [1.807, 2.05) is 26.8 Å². The molecule has 0 spiro atoms. The van der Waals surface area contributed by atoms with Crippen LogP contribution in [0.4, 0.5) is 5.69 Å². The molecule has 0 atom stereocenters. The molecular formula is C15H23NO3. The largest absolute Gasteiger partial charge is 0.496 e. The molecule has 0 radical (unpaired) electrons. The minimum absolute atomic E-state index is 0.123. The fraction of sp³-hybridized carbons (Fsp3) is 0.600. The Morgan fingerprint density at radius 3 is 1.79 bits per heavy atom. The van der Waals surface area contributed by atoms with E-state index < -0.39 is 0 Å². The maximum Gasteiger partial charge on any atom is 0.276 e. The van der Waals surface area contributed by atoms with Crippen LogP contribution in [0.25, 0.3) is 0 Å². The van der Waals surface area contributed by atoms with E-state index >= 15 is 0 Å². The van der Waals surface area contributed by atoms with Gasteiger partial charge in [0.15, 0.2) is 0 Å². The molecule has 0 fully saturated rings. The number of benzene rings is 1. The maximum atomic E-state index is 11.2. The normalized spacial score (nSPS) is 12.4. The zero-order valence-corrected chi connectivity index (χ0v) is 12.8. The summed E-state index contributed by atoms with van der Waals surface area (Å²) in [5.74, 6) is 0.576. The molecular weight excluding hydrogens is 242 g/mol. The van der Waals surface area contributed by atoms with Crippen molar-refractivity contribution >= 4 is 5.69 Å². The first-order valence-electron chi connectivity index (χ1n) is 6.36. The Morgan fingerprint density at radius 2 is 1.47 bits per heavy atom. The van der Waals surface area contributed by atoms with Crippen molar-refractivity contribution in [1.82, 2.24) is 0 Å². The predicted octanol–water partition coefficient (Wildman–Crippen LogP) is 4.20. The Bertz CT molecular complexity index is 493. The summed E-state index contributed by atoms with van der Waals surface area (Å²) in [6.45, 7) is 12.2. The smallest absolute Gasteiger partial charge is 0.276 e. The number of hydrogen-bond acceptors (Lipinski definition) is 3. The lowest BCUT2D eigenvalue weighted by Crippen LogP contribution is -2.19. The van der Waals surface area contributed by atoms with Gasteiger partial charge < -0.3 is 4.74 Å². The van der Waals surface area contributed by atoms with Crippen molar-refractivity contribution in [2.45, 2.75) is 52.4 Å². The SMILES string of the molecule is COc1cc([N+](=O)[O-])c(C(C)(C)C)cc1C(C)(C)C. The number of nitro groups is 1. The summed E-state index contributed by atoms with van der Waals surface area (Å²) in [5.41, 5.74) is 1.45. The van der Waals surface area contributed by atoms with Crippen LogP contribution in [0.15, 0.2) is 12.1 Å². The van der Waals surface area contributed by atoms with Crippen LogP contribution >= 0.6 is 0 Å². The highest BCUT2D eigenvalue weighted by Crippen LogP contribution is 2.40. The van der Waals surface area contributed by atoms with E-state index in [-0.39, 0.29) is 21.4 Å². The Hall–Kier alpha value is -1.58. The highest BCUT2D eigenvalue weighted by molar-refractivity contribution is 5.55. The molecule has 0 unspecified atom stereocenters. The van der Waals surface area contributed by atoms with Gasteiger partial charge in [0.25, 0.3) is 5.69 Å². The zero-order valence-electron chi connectivity index (χ0n) is 12.8. The van der Waals surface area contributed by atoms with E-state index in [2.05, 4.69) is 20.8 Å². The number of nitrogens with zero attached hydrogens (tertiary/aromatic N) is 1. The van der Waals surface area contributed by atoms with E-state index in [9.17, 15) is 10.1 Å². The molecule has 0 amide bonds. The van der Waals surface area contributed by atoms with Crippen molar-refractivity contribution in [3.8, 4) is 5.75 Å². The Morgan fingerprint density at radius 1 is 1.00 bits per heavy atom. The van der Waals surface area contributed by atoms with Gasteiger partial charge in [0.2, 0.25) is 0 Å². The van der Waals surface area contributed by atoms with E-state index in [1.54, 1.807) is 13.2 Å². The van der Waals surface area contributed by atoms with Crippen molar-refractivity contribution in [3.63, 3.8) is 0 Å². The Kier molecular flexibility index (Phi) is 3.94. The number of ether oxygens (including phenoxy) is 1. The highest BCUT2D eigenvalue weighted by atomic mass is 16.6. The molecule has 0 aliphatic heterocycles. The van der Waals surface area contributed by atoms with Crippen molar-refractivity contribution in [2.75, 3.05) is 7.11 Å². The van der Waals surface area contributed by atoms with E-state index in [1.165, 1.54) is 0 Å². The molecule has 0 bridgehead atoms. The molecule has 0 saturated heterocycles. The lowest BCUT2D eigenvalue weighted by Gasteiger charge is -2.26. The summed E-state index contributed by atoms with van der Waals surface area (Å²) < 4.78 is 5.33. The summed E-state index contributed by atoms with van der Waals surface area (Å²) in [7, 11) is 1.55. The molecule has 0 aliphatic rings. The van der Waals surface area contributed by atoms with Crippen LogP contribution in [0.2, 0.25) is 0 Å². The fourth-order valence-electron chi connectivity index (χ4n) is 2.08. The minimum Gasteiger partial charge on any atom is -0.496 e. The first-order chi connectivity index (χ1) is 8.48. The van der Waals surface area contributed by atoms with Gasteiger partial charge in [-0.2, -0.15) is 0 Å². The van der Waals surface area contributed by atoms with Crippen LogP contribution in [0.1, 0.15) is 52.7 Å². The van der Waals surface area contributed by atoms with Gasteiger partial charge in [-0.25, -0.2) is 0 Å². The standard InChI is InChI=1S/C15H23NO3/c1-14(2,3)10-8-11(15(4,5)6)13(19-7)9-12(10)16(17)18/h8-9H,1-7H3. The van der Waals surface area contributed by atoms with Gasteiger partial charge in [0.1, 0.15) is 5.75 Å². The number of nitro benzene ring substituents is 1. The second-order valence-corrected chi connectivity index (χ2v) is 6.83. The van der Waals surface area contributed by atoms with E-state index in [4.69, 9.17) is 4.74 Å². The van der Waals surface area contributed by atoms with Gasteiger partial charge >= 0.3 is 0 Å². The van der Waals surface area contributed by atoms with Crippen LogP contribution in [0.3, 0.4) is 0 Å². The molecule has 4 heteroatoms. The summed E-state index contributed by atoms with van der Waals surface area (Å²) in [5, 5.41) is 11.2. The quantitative estimate of drug-likeness (QED) is 0.595. The Labute approximate surface area is 114 Å². The highest BCUT2D eigenvalue weighted by Gasteiger charge is 2.30. The van der Waals surface area contributed by atoms with E-state index in [0.29, 0.717) is 5.75 Å². The zero-order chi connectivity index (χ0) is 15.0. The van der Waals surface area contributed by atoms with Crippen LogP contribution in [-0.2, 0) is 10.8 Å². The van der Waals surface area contributed by atoms with Crippen molar-refractivity contribution in [2.24, 2.45) is 0 Å². The summed E-state index contributed by atoms with van der Waals surface area (Å²) in [6.07, 6.45) is 0. The predicted molar refractivity (Wildman–Crippen MR) is 77.0 cm³/mol. The van der Waals surface area contributed by atoms with Gasteiger partial charge in [0.05, 0.1) is 18.1 Å². The first kappa shape index (κ1) is 15.5. The van der Waals surface area contributed by atoms with E-state index in [0.717, 1.165) is 11.1 Å². The third kappa shape index (κ3) is 3.25. The topological polar surface area (TPSA) is 52.4 Å². The third-order valence-electron chi connectivity index (χ3n) is 3.13. The van der Waals surface area contributed by atoms with Gasteiger partial charge in [-0.3, -0.25) is 10.1 Å². The minimum atomic E-state index is -0.338. The van der Waals surface area contributed by atoms with Crippen LogP contribution in [-0.4, -0.2) is 12.0 Å². The average molecular weight is 265 g/mol. The molecule has 0 heterocycles. The van der Waals surface area contributed by atoms with Crippen molar-refractivity contribution in [3.05, 3.63) is 33.4 Å². The molecule has 4 nitrogen and oxygen atoms in total. The van der Waals surface area contributed by atoms with Gasteiger partial charge in [0, 0.05) is 11.1 Å². The van der Waals surface area contributed by atoms with Gasteiger partial charge in [-0.15, -0.1) is 0 Å². The van der Waals surface area contributed by atoms with Crippen LogP contribution in [0, 0.1) is 10.1 Å². The van der Waals surface area contributed by atoms with Crippen molar-refractivity contribution in [1.29, 1.82) is 0 Å². The maximum absolute atomic E-state index is 11.2. The second-order valence-electron chi connectivity index (χ2n) is 6.83. The fourth-order valence-corrected chi connectivity index (χ4v) is 2.08. The molecule has 0 N–H and O–H groups in total. The van der Waals surface area contributed by atoms with Crippen LogP contribution < -0.4 is 4.74 Å². The molecule has 0 aliphatic carbocycles. The first-order valence-corrected chi connectivity index (χ1v) is 6.36. The summed E-state index contributed by atoms with van der Waals surface area (Å²) >= 11 is 0. The molecule has 1 aromatic rings. The third-order valence-corrected chi connectivity index (χ3v) is 3.13. The monoisotopic (exact) mass is 265 g/mol. The average Bonchev–Trinajstić information content (AvgIpc) is 2.24. The summed E-state index contributed by atoms with van der Waals surface area (Å²) in [6, 6.07) is 3.46. The number of methoxy groups -OCH3 is 1. The summed E-state index contributed by atoms with van der Waals surface area (Å²) in [4.78, 5) is 10.9. The number of rotatable bonds is 2. The van der Waals surface area contributed by atoms with Crippen LogP contribution in [0.5, 0.6) is 5.75 Å². The molecule has 106 valence electrons. The molecule has 1 rings (SSSR count). The van der Waals surface area contributed by atoms with Gasteiger partial charge in [-0.05, 0) is 16.9 Å². The van der Waals surface area contributed by atoms with Gasteiger partial charge in [-0.1, -0.05) is 41.5 Å². The molecule has 0 saturated carbocycles. The van der Waals surface area contributed by atoms with Crippen molar-refractivity contribution < 1.29 is 9.66 Å². The number of hydrogen-bond donors (Lipinski definition) is 0.